The van der Waals surface area contributed by atoms with Crippen molar-refractivity contribution < 1.29 is 9.18 Å². The summed E-state index contributed by atoms with van der Waals surface area (Å²) in [6, 6.07) is 14.6. The molecule has 4 aromatic rings. The van der Waals surface area contributed by atoms with Crippen LogP contribution in [0.15, 0.2) is 76.6 Å². The number of halogens is 1. The molecule has 144 valence electrons. The molecule has 2 heterocycles. The van der Waals surface area contributed by atoms with Crippen molar-refractivity contribution in [1.82, 2.24) is 14.5 Å². The SMILES string of the molecule is O=C(Nc1cccc2ncccc12)c1c[nH]c(=O)n(Cc2ccccc2F)c1=O. The van der Waals surface area contributed by atoms with Gasteiger partial charge < -0.3 is 10.3 Å². The number of carbonyl (C=O) groups is 1. The number of nitrogens with one attached hydrogen (secondary N) is 2. The molecule has 2 aromatic heterocycles. The third-order valence-electron chi connectivity index (χ3n) is 4.49. The molecule has 0 saturated carbocycles. The number of carbonyl (C=O) groups excluding carboxylic acids is 1. The quantitative estimate of drug-likeness (QED) is 0.560. The van der Waals surface area contributed by atoms with Crippen molar-refractivity contribution in [3.63, 3.8) is 0 Å². The highest BCUT2D eigenvalue weighted by Gasteiger charge is 2.17. The van der Waals surface area contributed by atoms with Crippen LogP contribution in [0.1, 0.15) is 15.9 Å². The number of rotatable bonds is 4. The molecule has 4 rings (SSSR count). The zero-order valence-electron chi connectivity index (χ0n) is 15.1. The van der Waals surface area contributed by atoms with E-state index in [-0.39, 0.29) is 17.7 Å². The summed E-state index contributed by atoms with van der Waals surface area (Å²) in [7, 11) is 0. The maximum absolute atomic E-state index is 13.9. The summed E-state index contributed by atoms with van der Waals surface area (Å²) in [5, 5.41) is 3.38. The van der Waals surface area contributed by atoms with Crippen LogP contribution >= 0.6 is 0 Å². The van der Waals surface area contributed by atoms with Gasteiger partial charge in [0.2, 0.25) is 0 Å². The maximum Gasteiger partial charge on any atom is 0.328 e. The van der Waals surface area contributed by atoms with Crippen LogP contribution in [-0.2, 0) is 6.54 Å². The van der Waals surface area contributed by atoms with Crippen LogP contribution in [0, 0.1) is 5.82 Å². The van der Waals surface area contributed by atoms with Gasteiger partial charge in [-0.2, -0.15) is 0 Å². The zero-order valence-corrected chi connectivity index (χ0v) is 15.1. The van der Waals surface area contributed by atoms with E-state index in [9.17, 15) is 18.8 Å². The minimum Gasteiger partial charge on any atom is -0.321 e. The molecule has 0 atom stereocenters. The fraction of sp³-hybridized carbons (Fsp3) is 0.0476. The van der Waals surface area contributed by atoms with Gasteiger partial charge in [-0.05, 0) is 30.3 Å². The van der Waals surface area contributed by atoms with E-state index in [1.807, 2.05) is 0 Å². The van der Waals surface area contributed by atoms with E-state index < -0.39 is 23.0 Å². The van der Waals surface area contributed by atoms with Crippen LogP contribution in [0.5, 0.6) is 0 Å². The van der Waals surface area contributed by atoms with Gasteiger partial charge in [0.15, 0.2) is 0 Å². The number of benzene rings is 2. The summed E-state index contributed by atoms with van der Waals surface area (Å²) in [4.78, 5) is 44.2. The normalized spacial score (nSPS) is 10.8. The molecule has 29 heavy (non-hydrogen) atoms. The van der Waals surface area contributed by atoms with Crippen LogP contribution in [0.25, 0.3) is 10.9 Å². The Bertz CT molecular complexity index is 1340. The number of aromatic amines is 1. The number of pyridine rings is 1. The second kappa shape index (κ2) is 7.51. The lowest BCUT2D eigenvalue weighted by atomic mass is 10.1. The molecule has 8 heteroatoms. The van der Waals surface area contributed by atoms with E-state index >= 15 is 0 Å². The topological polar surface area (TPSA) is 96.8 Å². The molecule has 0 bridgehead atoms. The summed E-state index contributed by atoms with van der Waals surface area (Å²) < 4.78 is 14.7. The Morgan fingerprint density at radius 3 is 2.72 bits per heavy atom. The van der Waals surface area contributed by atoms with E-state index in [4.69, 9.17) is 0 Å². The number of amides is 1. The number of fused-ring (bicyclic) bond motifs is 1. The van der Waals surface area contributed by atoms with Crippen LogP contribution in [0.4, 0.5) is 10.1 Å². The fourth-order valence-electron chi connectivity index (χ4n) is 3.02. The second-order valence-corrected chi connectivity index (χ2v) is 6.32. The van der Waals surface area contributed by atoms with Gasteiger partial charge in [-0.15, -0.1) is 0 Å². The number of hydrogen-bond donors (Lipinski definition) is 2. The lowest BCUT2D eigenvalue weighted by Gasteiger charge is -2.10. The number of H-pyrrole nitrogens is 1. The van der Waals surface area contributed by atoms with E-state index in [2.05, 4.69) is 15.3 Å². The molecular weight excluding hydrogens is 375 g/mol. The average molecular weight is 390 g/mol. The van der Waals surface area contributed by atoms with Crippen molar-refractivity contribution in [2.24, 2.45) is 0 Å². The molecule has 0 unspecified atom stereocenters. The Hall–Kier alpha value is -4.07. The van der Waals surface area contributed by atoms with Crippen LogP contribution in [0.2, 0.25) is 0 Å². The first-order valence-corrected chi connectivity index (χ1v) is 8.75. The maximum atomic E-state index is 13.9. The van der Waals surface area contributed by atoms with E-state index in [0.717, 1.165) is 10.8 Å². The Morgan fingerprint density at radius 2 is 1.90 bits per heavy atom. The standard InChI is InChI=1S/C21H15FN4O3/c22-16-7-2-1-5-13(16)12-26-20(28)15(11-24-21(26)29)19(27)25-18-9-3-8-17-14(18)6-4-10-23-17/h1-11H,12H2,(H,24,29)(H,25,27). The van der Waals surface area contributed by atoms with Gasteiger partial charge in [0.25, 0.3) is 11.5 Å². The lowest BCUT2D eigenvalue weighted by molar-refractivity contribution is 0.102. The van der Waals surface area contributed by atoms with Crippen molar-refractivity contribution in [3.05, 3.63) is 105 Å². The summed E-state index contributed by atoms with van der Waals surface area (Å²) in [5.74, 6) is -1.23. The average Bonchev–Trinajstić information content (AvgIpc) is 2.72. The molecule has 0 radical (unpaired) electrons. The number of hydrogen-bond acceptors (Lipinski definition) is 4. The second-order valence-electron chi connectivity index (χ2n) is 6.32. The van der Waals surface area contributed by atoms with Gasteiger partial charge in [0.1, 0.15) is 11.4 Å². The lowest BCUT2D eigenvalue weighted by Crippen LogP contribution is -2.39. The van der Waals surface area contributed by atoms with Crippen LogP contribution < -0.4 is 16.6 Å². The van der Waals surface area contributed by atoms with E-state index in [0.29, 0.717) is 16.6 Å². The highest BCUT2D eigenvalue weighted by Crippen LogP contribution is 2.21. The fourth-order valence-corrected chi connectivity index (χ4v) is 3.02. The molecule has 0 spiro atoms. The third kappa shape index (κ3) is 3.55. The monoisotopic (exact) mass is 390 g/mol. The van der Waals surface area contributed by atoms with Gasteiger partial charge in [-0.1, -0.05) is 24.3 Å². The molecule has 0 saturated heterocycles. The Balaban J connectivity index is 1.70. The van der Waals surface area contributed by atoms with Gasteiger partial charge in [-0.25, -0.2) is 9.18 Å². The highest BCUT2D eigenvalue weighted by molar-refractivity contribution is 6.08. The number of anilines is 1. The van der Waals surface area contributed by atoms with E-state index in [1.165, 1.54) is 18.2 Å². The molecular formula is C21H15FN4O3. The van der Waals surface area contributed by atoms with Gasteiger partial charge in [0, 0.05) is 23.3 Å². The largest absolute Gasteiger partial charge is 0.328 e. The van der Waals surface area contributed by atoms with Gasteiger partial charge in [-0.3, -0.25) is 19.1 Å². The predicted molar refractivity (Wildman–Crippen MR) is 107 cm³/mol. The molecule has 7 nitrogen and oxygen atoms in total. The minimum absolute atomic E-state index is 0.165. The smallest absolute Gasteiger partial charge is 0.321 e. The zero-order chi connectivity index (χ0) is 20.4. The summed E-state index contributed by atoms with van der Waals surface area (Å²) in [6.45, 7) is -0.292. The highest BCUT2D eigenvalue weighted by atomic mass is 19.1. The Labute approximate surface area is 163 Å². The van der Waals surface area contributed by atoms with Crippen LogP contribution in [0.3, 0.4) is 0 Å². The van der Waals surface area contributed by atoms with Crippen molar-refractivity contribution in [2.75, 3.05) is 5.32 Å². The van der Waals surface area contributed by atoms with Crippen molar-refractivity contribution >= 4 is 22.5 Å². The van der Waals surface area contributed by atoms with Crippen LogP contribution in [-0.4, -0.2) is 20.4 Å². The number of nitrogens with zero attached hydrogens (tertiary/aromatic N) is 2. The van der Waals surface area contributed by atoms with E-state index in [1.54, 1.807) is 42.6 Å². The van der Waals surface area contributed by atoms with Crippen molar-refractivity contribution in [3.8, 4) is 0 Å². The van der Waals surface area contributed by atoms with Gasteiger partial charge in [0.05, 0.1) is 17.7 Å². The third-order valence-corrected chi connectivity index (χ3v) is 4.49. The predicted octanol–water partition coefficient (Wildman–Crippen LogP) is 2.52. The summed E-state index contributed by atoms with van der Waals surface area (Å²) in [5.41, 5.74) is -0.479. The molecule has 0 aliphatic heterocycles. The molecule has 1 amide bonds. The Morgan fingerprint density at radius 1 is 1.07 bits per heavy atom. The number of aromatic nitrogens is 3. The molecule has 0 aliphatic carbocycles. The van der Waals surface area contributed by atoms with Crippen molar-refractivity contribution in [1.29, 1.82) is 0 Å². The summed E-state index contributed by atoms with van der Waals surface area (Å²) >= 11 is 0. The molecule has 0 aliphatic rings. The first-order chi connectivity index (χ1) is 14.0. The Kier molecular flexibility index (Phi) is 4.74. The first-order valence-electron chi connectivity index (χ1n) is 8.75. The molecule has 2 aromatic carbocycles. The minimum atomic E-state index is -0.812. The molecule has 0 fully saturated rings. The first kappa shape index (κ1) is 18.3. The molecule has 2 N–H and O–H groups in total. The van der Waals surface area contributed by atoms with Gasteiger partial charge >= 0.3 is 5.69 Å². The van der Waals surface area contributed by atoms with Crippen molar-refractivity contribution in [2.45, 2.75) is 6.54 Å². The summed E-state index contributed by atoms with van der Waals surface area (Å²) in [6.07, 6.45) is 2.69.